The molecule has 142 valence electrons. The third kappa shape index (κ3) is 5.24. The van der Waals surface area contributed by atoms with E-state index in [-0.39, 0.29) is 17.5 Å². The topological polar surface area (TPSA) is 42.0 Å². The highest BCUT2D eigenvalue weighted by molar-refractivity contribution is 6.29. The zero-order valence-electron chi connectivity index (χ0n) is 15.0. The number of hydrogen-bond acceptors (Lipinski definition) is 2. The maximum Gasteiger partial charge on any atom is 0.244 e. The standard InChI is InChI=1S/C22H17ClF2N2O/c1-14(27-22(28)8-5-15-9-19(24)12-20(25)10-15)16-3-2-4-17(11-16)18-6-7-21(23)26-13-18/h2-14H,1H3,(H,27,28). The maximum absolute atomic E-state index is 13.2. The number of hydrogen-bond donors (Lipinski definition) is 1. The van der Waals surface area contributed by atoms with Gasteiger partial charge in [-0.2, -0.15) is 0 Å². The quantitative estimate of drug-likeness (QED) is 0.451. The van der Waals surface area contributed by atoms with E-state index in [2.05, 4.69) is 10.3 Å². The van der Waals surface area contributed by atoms with Crippen molar-refractivity contribution in [3.8, 4) is 11.1 Å². The van der Waals surface area contributed by atoms with Gasteiger partial charge < -0.3 is 5.32 Å². The lowest BCUT2D eigenvalue weighted by Crippen LogP contribution is -2.24. The van der Waals surface area contributed by atoms with E-state index in [0.717, 1.165) is 34.9 Å². The summed E-state index contributed by atoms with van der Waals surface area (Å²) in [5, 5.41) is 3.26. The van der Waals surface area contributed by atoms with Crippen molar-refractivity contribution >= 4 is 23.6 Å². The second-order valence-electron chi connectivity index (χ2n) is 6.26. The van der Waals surface area contributed by atoms with Gasteiger partial charge in [0, 0.05) is 23.9 Å². The normalized spacial score (nSPS) is 12.1. The number of nitrogens with one attached hydrogen (secondary N) is 1. The highest BCUT2D eigenvalue weighted by Crippen LogP contribution is 2.23. The Kier molecular flexibility index (Phi) is 6.16. The molecule has 3 rings (SSSR count). The van der Waals surface area contributed by atoms with Crippen LogP contribution in [-0.2, 0) is 4.79 Å². The molecule has 1 atom stereocenters. The molecule has 6 heteroatoms. The molecular weight excluding hydrogens is 382 g/mol. The van der Waals surface area contributed by atoms with Gasteiger partial charge in [0.2, 0.25) is 5.91 Å². The monoisotopic (exact) mass is 398 g/mol. The van der Waals surface area contributed by atoms with E-state index in [1.807, 2.05) is 37.3 Å². The number of pyridine rings is 1. The SMILES string of the molecule is CC(NC(=O)C=Cc1cc(F)cc(F)c1)c1cccc(-c2ccc(Cl)nc2)c1. The molecule has 0 bridgehead atoms. The summed E-state index contributed by atoms with van der Waals surface area (Å²) in [7, 11) is 0. The van der Waals surface area contributed by atoms with Gasteiger partial charge in [-0.3, -0.25) is 4.79 Å². The van der Waals surface area contributed by atoms with Crippen molar-refractivity contribution in [3.63, 3.8) is 0 Å². The van der Waals surface area contributed by atoms with E-state index in [9.17, 15) is 13.6 Å². The molecule has 1 heterocycles. The van der Waals surface area contributed by atoms with Crippen LogP contribution in [0.4, 0.5) is 8.78 Å². The Morgan fingerprint density at radius 3 is 2.50 bits per heavy atom. The molecule has 1 aromatic heterocycles. The largest absolute Gasteiger partial charge is 0.346 e. The third-order valence-electron chi connectivity index (χ3n) is 4.12. The van der Waals surface area contributed by atoms with Crippen LogP contribution in [0.15, 0.2) is 66.9 Å². The Bertz CT molecular complexity index is 999. The molecule has 0 fully saturated rings. The van der Waals surface area contributed by atoms with E-state index in [0.29, 0.717) is 5.15 Å². The number of amides is 1. The van der Waals surface area contributed by atoms with Gasteiger partial charge in [0.25, 0.3) is 0 Å². The maximum atomic E-state index is 13.2. The van der Waals surface area contributed by atoms with Crippen molar-refractivity contribution in [3.05, 3.63) is 94.8 Å². The summed E-state index contributed by atoms with van der Waals surface area (Å²) in [6.45, 7) is 1.85. The van der Waals surface area contributed by atoms with Crippen LogP contribution >= 0.6 is 11.6 Å². The van der Waals surface area contributed by atoms with Crippen molar-refractivity contribution < 1.29 is 13.6 Å². The molecule has 0 saturated carbocycles. The van der Waals surface area contributed by atoms with Gasteiger partial charge >= 0.3 is 0 Å². The number of nitrogens with zero attached hydrogens (tertiary/aromatic N) is 1. The zero-order chi connectivity index (χ0) is 20.1. The Morgan fingerprint density at radius 1 is 1.07 bits per heavy atom. The number of aromatic nitrogens is 1. The number of benzene rings is 2. The Morgan fingerprint density at radius 2 is 1.82 bits per heavy atom. The molecule has 3 aromatic rings. The van der Waals surface area contributed by atoms with Gasteiger partial charge in [-0.05, 0) is 60.0 Å². The van der Waals surface area contributed by atoms with Crippen LogP contribution in [-0.4, -0.2) is 10.9 Å². The highest BCUT2D eigenvalue weighted by atomic mass is 35.5. The minimum Gasteiger partial charge on any atom is -0.346 e. The first-order valence-corrected chi connectivity index (χ1v) is 8.95. The minimum absolute atomic E-state index is 0.262. The predicted molar refractivity (Wildman–Crippen MR) is 107 cm³/mol. The van der Waals surface area contributed by atoms with Crippen LogP contribution in [0.25, 0.3) is 17.2 Å². The summed E-state index contributed by atoms with van der Waals surface area (Å²) in [6, 6.07) is 14.1. The van der Waals surface area contributed by atoms with Crippen LogP contribution in [0.1, 0.15) is 24.1 Å². The average Bonchev–Trinajstić information content (AvgIpc) is 2.66. The van der Waals surface area contributed by atoms with E-state index in [1.54, 1.807) is 12.3 Å². The summed E-state index contributed by atoms with van der Waals surface area (Å²) in [5.74, 6) is -1.75. The van der Waals surface area contributed by atoms with Crippen molar-refractivity contribution in [2.24, 2.45) is 0 Å². The molecule has 0 aliphatic heterocycles. The van der Waals surface area contributed by atoms with Gasteiger partial charge in [-0.15, -0.1) is 0 Å². The highest BCUT2D eigenvalue weighted by Gasteiger charge is 2.09. The smallest absolute Gasteiger partial charge is 0.244 e. The first kappa shape index (κ1) is 19.7. The number of halogens is 3. The number of rotatable bonds is 5. The summed E-state index contributed by atoms with van der Waals surface area (Å²) in [5.41, 5.74) is 3.05. The van der Waals surface area contributed by atoms with Gasteiger partial charge in [-0.1, -0.05) is 29.8 Å². The zero-order valence-corrected chi connectivity index (χ0v) is 15.8. The first-order valence-electron chi connectivity index (χ1n) is 8.57. The molecule has 3 nitrogen and oxygen atoms in total. The molecule has 2 aromatic carbocycles. The van der Waals surface area contributed by atoms with E-state index in [1.165, 1.54) is 12.2 Å². The van der Waals surface area contributed by atoms with Crippen LogP contribution < -0.4 is 5.32 Å². The van der Waals surface area contributed by atoms with E-state index in [4.69, 9.17) is 11.6 Å². The van der Waals surface area contributed by atoms with Gasteiger partial charge in [0.05, 0.1) is 6.04 Å². The molecule has 0 spiro atoms. The van der Waals surface area contributed by atoms with Crippen LogP contribution in [0, 0.1) is 11.6 Å². The second kappa shape index (κ2) is 8.76. The number of carbonyl (C=O) groups is 1. The molecule has 28 heavy (non-hydrogen) atoms. The van der Waals surface area contributed by atoms with Crippen molar-refractivity contribution in [2.75, 3.05) is 0 Å². The van der Waals surface area contributed by atoms with Crippen LogP contribution in [0.2, 0.25) is 5.15 Å². The summed E-state index contributed by atoms with van der Waals surface area (Å²) < 4.78 is 26.4. The van der Waals surface area contributed by atoms with Crippen LogP contribution in [0.3, 0.4) is 0 Å². The lowest BCUT2D eigenvalue weighted by atomic mass is 10.0. The second-order valence-corrected chi connectivity index (χ2v) is 6.65. The van der Waals surface area contributed by atoms with Crippen LogP contribution in [0.5, 0.6) is 0 Å². The van der Waals surface area contributed by atoms with Gasteiger partial charge in [-0.25, -0.2) is 13.8 Å². The average molecular weight is 399 g/mol. The Balaban J connectivity index is 1.69. The van der Waals surface area contributed by atoms with E-state index < -0.39 is 11.6 Å². The fourth-order valence-corrected chi connectivity index (χ4v) is 2.83. The molecule has 1 N–H and O–H groups in total. The molecule has 0 saturated heterocycles. The molecule has 0 aliphatic carbocycles. The van der Waals surface area contributed by atoms with Gasteiger partial charge in [0.1, 0.15) is 16.8 Å². The lowest BCUT2D eigenvalue weighted by Gasteiger charge is -2.14. The summed E-state index contributed by atoms with van der Waals surface area (Å²) >= 11 is 5.82. The minimum atomic E-state index is -0.693. The summed E-state index contributed by atoms with van der Waals surface area (Å²) in [4.78, 5) is 16.2. The van der Waals surface area contributed by atoms with Gasteiger partial charge in [0.15, 0.2) is 0 Å². The number of carbonyl (C=O) groups excluding carboxylic acids is 1. The fraction of sp³-hybridized carbons (Fsp3) is 0.0909. The molecule has 1 amide bonds. The molecule has 0 aliphatic rings. The summed E-state index contributed by atoms with van der Waals surface area (Å²) in [6.07, 6.45) is 4.30. The van der Waals surface area contributed by atoms with E-state index >= 15 is 0 Å². The first-order chi connectivity index (χ1) is 13.4. The Labute approximate surface area is 166 Å². The Hall–Kier alpha value is -3.05. The fourth-order valence-electron chi connectivity index (χ4n) is 2.72. The van der Waals surface area contributed by atoms with Crippen molar-refractivity contribution in [1.29, 1.82) is 0 Å². The third-order valence-corrected chi connectivity index (χ3v) is 4.34. The predicted octanol–water partition coefficient (Wildman–Crippen LogP) is 5.57. The lowest BCUT2D eigenvalue weighted by molar-refractivity contribution is -0.117. The van der Waals surface area contributed by atoms with Crippen molar-refractivity contribution in [1.82, 2.24) is 10.3 Å². The molecular formula is C22H17ClF2N2O. The molecule has 1 unspecified atom stereocenters. The molecule has 0 radical (unpaired) electrons. The van der Waals surface area contributed by atoms with Crippen molar-refractivity contribution in [2.45, 2.75) is 13.0 Å².